The van der Waals surface area contributed by atoms with Crippen molar-refractivity contribution >= 4 is 21.4 Å². The van der Waals surface area contributed by atoms with Crippen LogP contribution >= 0.6 is 11.6 Å². The standard InChI is InChI=1S/C12H24ClNO2S/c1-2-17(15,16)10-6-9-14-12-8-5-3-4-7-11(12)13/h11-12,14H,2-10H2,1H3. The summed E-state index contributed by atoms with van der Waals surface area (Å²) in [5.41, 5.74) is 0. The van der Waals surface area contributed by atoms with Gasteiger partial charge in [-0.05, 0) is 25.8 Å². The monoisotopic (exact) mass is 281 g/mol. The van der Waals surface area contributed by atoms with Gasteiger partial charge in [-0.1, -0.05) is 26.2 Å². The van der Waals surface area contributed by atoms with Gasteiger partial charge in [0.05, 0.1) is 5.75 Å². The molecule has 102 valence electrons. The van der Waals surface area contributed by atoms with Crippen LogP contribution in [0.15, 0.2) is 0 Å². The van der Waals surface area contributed by atoms with Crippen molar-refractivity contribution in [3.05, 3.63) is 0 Å². The summed E-state index contributed by atoms with van der Waals surface area (Å²) in [5, 5.41) is 3.62. The van der Waals surface area contributed by atoms with Gasteiger partial charge in [-0.3, -0.25) is 0 Å². The zero-order valence-corrected chi connectivity index (χ0v) is 12.2. The van der Waals surface area contributed by atoms with Crippen LogP contribution < -0.4 is 5.32 Å². The molecule has 0 aromatic rings. The molecule has 0 radical (unpaired) electrons. The molecule has 5 heteroatoms. The Morgan fingerprint density at radius 1 is 1.24 bits per heavy atom. The number of rotatable bonds is 6. The van der Waals surface area contributed by atoms with E-state index in [1.807, 2.05) is 0 Å². The number of hydrogen-bond donors (Lipinski definition) is 1. The van der Waals surface area contributed by atoms with Crippen LogP contribution in [-0.2, 0) is 9.84 Å². The third-order valence-electron chi connectivity index (χ3n) is 3.41. The van der Waals surface area contributed by atoms with Gasteiger partial charge < -0.3 is 5.32 Å². The van der Waals surface area contributed by atoms with E-state index in [0.717, 1.165) is 19.4 Å². The summed E-state index contributed by atoms with van der Waals surface area (Å²) < 4.78 is 22.6. The second-order valence-corrected chi connectivity index (χ2v) is 7.84. The highest BCUT2D eigenvalue weighted by molar-refractivity contribution is 7.91. The molecule has 3 nitrogen and oxygen atoms in total. The van der Waals surface area contributed by atoms with Crippen LogP contribution in [0.2, 0.25) is 0 Å². The lowest BCUT2D eigenvalue weighted by Gasteiger charge is -2.21. The van der Waals surface area contributed by atoms with Gasteiger partial charge in [-0.25, -0.2) is 8.42 Å². The summed E-state index contributed by atoms with van der Waals surface area (Å²) in [5.74, 6) is 0.532. The predicted octanol–water partition coefficient (Wildman–Crippen LogP) is 2.34. The second kappa shape index (κ2) is 7.59. The molecule has 0 heterocycles. The molecular formula is C12H24ClNO2S. The number of nitrogens with one attached hydrogen (secondary N) is 1. The zero-order chi connectivity index (χ0) is 12.7. The quantitative estimate of drug-likeness (QED) is 0.462. The fourth-order valence-corrected chi connectivity index (χ4v) is 3.46. The lowest BCUT2D eigenvalue weighted by Crippen LogP contribution is -2.37. The maximum absolute atomic E-state index is 11.3. The van der Waals surface area contributed by atoms with Gasteiger partial charge in [0.2, 0.25) is 0 Å². The normalized spacial score (nSPS) is 26.7. The Morgan fingerprint density at radius 2 is 1.94 bits per heavy atom. The Bertz CT molecular complexity index is 306. The van der Waals surface area contributed by atoms with E-state index in [-0.39, 0.29) is 16.9 Å². The molecule has 0 amide bonds. The first kappa shape index (κ1) is 15.3. The van der Waals surface area contributed by atoms with E-state index in [1.165, 1.54) is 19.3 Å². The van der Waals surface area contributed by atoms with Crippen molar-refractivity contribution in [1.29, 1.82) is 0 Å². The highest BCUT2D eigenvalue weighted by atomic mass is 35.5. The average molecular weight is 282 g/mol. The summed E-state index contributed by atoms with van der Waals surface area (Å²) in [4.78, 5) is 0. The maximum atomic E-state index is 11.3. The second-order valence-electron chi connectivity index (χ2n) is 4.80. The highest BCUT2D eigenvalue weighted by Crippen LogP contribution is 2.22. The fourth-order valence-electron chi connectivity index (χ4n) is 2.22. The minimum absolute atomic E-state index is 0.209. The number of halogens is 1. The molecule has 1 aliphatic rings. The summed E-state index contributed by atoms with van der Waals surface area (Å²) in [6.45, 7) is 2.45. The lowest BCUT2D eigenvalue weighted by atomic mass is 10.1. The van der Waals surface area contributed by atoms with Gasteiger partial charge in [-0.15, -0.1) is 11.6 Å². The Labute approximate surface area is 110 Å². The van der Waals surface area contributed by atoms with Gasteiger partial charge in [0.15, 0.2) is 0 Å². The molecule has 1 saturated carbocycles. The smallest absolute Gasteiger partial charge is 0.150 e. The third kappa shape index (κ3) is 6.07. The number of sulfone groups is 1. The van der Waals surface area contributed by atoms with Gasteiger partial charge in [0.25, 0.3) is 0 Å². The molecule has 1 rings (SSSR count). The molecule has 2 unspecified atom stereocenters. The molecule has 0 aliphatic heterocycles. The molecule has 0 bridgehead atoms. The van der Waals surface area contributed by atoms with Crippen molar-refractivity contribution in [3.8, 4) is 0 Å². The largest absolute Gasteiger partial charge is 0.312 e. The van der Waals surface area contributed by atoms with Crippen LogP contribution in [0.5, 0.6) is 0 Å². The topological polar surface area (TPSA) is 46.2 Å². The zero-order valence-electron chi connectivity index (χ0n) is 10.6. The SMILES string of the molecule is CCS(=O)(=O)CCCNC1CCCCCC1Cl. The van der Waals surface area contributed by atoms with Gasteiger partial charge in [0.1, 0.15) is 9.84 Å². The van der Waals surface area contributed by atoms with Crippen molar-refractivity contribution in [2.75, 3.05) is 18.1 Å². The first-order valence-corrected chi connectivity index (χ1v) is 8.89. The molecule has 1 N–H and O–H groups in total. The van der Waals surface area contributed by atoms with E-state index in [1.54, 1.807) is 6.92 Å². The molecule has 17 heavy (non-hydrogen) atoms. The summed E-state index contributed by atoms with van der Waals surface area (Å²) >= 11 is 6.30. The maximum Gasteiger partial charge on any atom is 0.150 e. The molecule has 0 aromatic heterocycles. The number of hydrogen-bond acceptors (Lipinski definition) is 3. The Kier molecular flexibility index (Phi) is 6.82. The molecule has 1 fully saturated rings. The van der Waals surface area contributed by atoms with Crippen LogP contribution in [0.1, 0.15) is 45.4 Å². The molecular weight excluding hydrogens is 258 g/mol. The summed E-state index contributed by atoms with van der Waals surface area (Å²) in [6.07, 6.45) is 6.60. The van der Waals surface area contributed by atoms with E-state index in [0.29, 0.717) is 12.5 Å². The molecule has 0 aromatic carbocycles. The predicted molar refractivity (Wildman–Crippen MR) is 73.5 cm³/mol. The lowest BCUT2D eigenvalue weighted by molar-refractivity contribution is 0.465. The Morgan fingerprint density at radius 3 is 2.65 bits per heavy atom. The summed E-state index contributed by atoms with van der Waals surface area (Å²) in [7, 11) is -2.82. The van der Waals surface area contributed by atoms with Gasteiger partial charge in [0, 0.05) is 17.2 Å². The van der Waals surface area contributed by atoms with Crippen LogP contribution in [-0.4, -0.2) is 37.9 Å². The van der Waals surface area contributed by atoms with E-state index in [4.69, 9.17) is 11.6 Å². The molecule has 1 aliphatic carbocycles. The first-order valence-electron chi connectivity index (χ1n) is 6.63. The fraction of sp³-hybridized carbons (Fsp3) is 1.00. The first-order chi connectivity index (χ1) is 8.05. The van der Waals surface area contributed by atoms with Gasteiger partial charge >= 0.3 is 0 Å². The average Bonchev–Trinajstić information content (AvgIpc) is 2.50. The van der Waals surface area contributed by atoms with E-state index in [9.17, 15) is 8.42 Å². The van der Waals surface area contributed by atoms with Crippen LogP contribution in [0, 0.1) is 0 Å². The van der Waals surface area contributed by atoms with Gasteiger partial charge in [-0.2, -0.15) is 0 Å². The van der Waals surface area contributed by atoms with Crippen molar-refractivity contribution in [2.24, 2.45) is 0 Å². The number of alkyl halides is 1. The van der Waals surface area contributed by atoms with E-state index >= 15 is 0 Å². The summed E-state index contributed by atoms with van der Waals surface area (Å²) in [6, 6.07) is 0.364. The van der Waals surface area contributed by atoms with Crippen molar-refractivity contribution in [2.45, 2.75) is 56.9 Å². The van der Waals surface area contributed by atoms with Crippen molar-refractivity contribution in [1.82, 2.24) is 5.32 Å². The van der Waals surface area contributed by atoms with Crippen LogP contribution in [0.4, 0.5) is 0 Å². The van der Waals surface area contributed by atoms with E-state index < -0.39 is 9.84 Å². The highest BCUT2D eigenvalue weighted by Gasteiger charge is 2.20. The minimum atomic E-state index is -2.82. The molecule has 0 saturated heterocycles. The molecule has 2 atom stereocenters. The molecule has 0 spiro atoms. The van der Waals surface area contributed by atoms with Crippen LogP contribution in [0.3, 0.4) is 0 Å². The third-order valence-corrected chi connectivity index (χ3v) is 5.72. The van der Waals surface area contributed by atoms with E-state index in [2.05, 4.69) is 5.32 Å². The van der Waals surface area contributed by atoms with Crippen molar-refractivity contribution < 1.29 is 8.42 Å². The van der Waals surface area contributed by atoms with Crippen molar-refractivity contribution in [3.63, 3.8) is 0 Å². The Hall–Kier alpha value is 0.200. The Balaban J connectivity index is 2.21. The minimum Gasteiger partial charge on any atom is -0.312 e. The van der Waals surface area contributed by atoms with Crippen LogP contribution in [0.25, 0.3) is 0 Å².